The van der Waals surface area contributed by atoms with Crippen molar-refractivity contribution in [2.45, 2.75) is 33.2 Å². The third kappa shape index (κ3) is 8.84. The summed E-state index contributed by atoms with van der Waals surface area (Å²) < 4.78 is 18.2. The van der Waals surface area contributed by atoms with Gasteiger partial charge in [-0.1, -0.05) is 0 Å². The molecule has 7 nitrogen and oxygen atoms in total. The van der Waals surface area contributed by atoms with Crippen LogP contribution in [0.25, 0.3) is 0 Å². The summed E-state index contributed by atoms with van der Waals surface area (Å²) in [6.45, 7) is 8.31. The van der Waals surface area contributed by atoms with Crippen molar-refractivity contribution in [3.05, 3.63) is 9.54 Å². The first-order valence-electron chi connectivity index (χ1n) is 7.41. The first-order valence-corrected chi connectivity index (χ1v) is 10.2. The molecule has 1 rings (SSSR count). The van der Waals surface area contributed by atoms with Gasteiger partial charge >= 0.3 is 38.4 Å². The summed E-state index contributed by atoms with van der Waals surface area (Å²) in [6.07, 6.45) is 0.833. The Bertz CT molecular complexity index is 518. The monoisotopic (exact) mass is 388 g/mol. The van der Waals surface area contributed by atoms with E-state index in [4.69, 9.17) is 37.7 Å². The van der Waals surface area contributed by atoms with Crippen molar-refractivity contribution >= 4 is 39.2 Å². The van der Waals surface area contributed by atoms with Gasteiger partial charge in [-0.25, -0.2) is 0 Å². The van der Waals surface area contributed by atoms with Crippen LogP contribution in [0.4, 0.5) is 5.95 Å². The number of nitrogens with zero attached hydrogens (tertiary/aromatic N) is 1. The average molecular weight is 389 g/mol. The number of rotatable bonds is 11. The van der Waals surface area contributed by atoms with Gasteiger partial charge in [0.05, 0.1) is 0 Å². The molecule has 0 amide bonds. The van der Waals surface area contributed by atoms with Gasteiger partial charge in [-0.2, -0.15) is 4.98 Å². The van der Waals surface area contributed by atoms with Gasteiger partial charge in [0, 0.05) is 32.4 Å². The molecule has 0 saturated carbocycles. The minimum atomic E-state index is -2.57. The van der Waals surface area contributed by atoms with Crippen molar-refractivity contribution < 1.29 is 44.3 Å². The molecule has 0 aromatic carbocycles. The molecule has 0 bridgehead atoms. The summed E-state index contributed by atoms with van der Waals surface area (Å²) in [6, 6.07) is 0.746. The van der Waals surface area contributed by atoms with Crippen molar-refractivity contribution in [1.82, 2.24) is 15.0 Å². The Kier molecular flexibility index (Phi) is 12.9. The van der Waals surface area contributed by atoms with E-state index in [1.807, 2.05) is 20.8 Å². The van der Waals surface area contributed by atoms with Gasteiger partial charge in [0.15, 0.2) is 4.77 Å². The molecule has 0 spiro atoms. The summed E-state index contributed by atoms with van der Waals surface area (Å²) in [7, 11) is -2.57. The average Bonchev–Trinajstić information content (AvgIpc) is 2.43. The Balaban J connectivity index is 0. The smallest absolute Gasteiger partial charge is 1.00 e. The molecule has 0 aliphatic heterocycles. The summed E-state index contributed by atoms with van der Waals surface area (Å²) in [5.74, 6) is 0.560. The number of nitrogens with one attached hydrogen (secondary N) is 3. The maximum absolute atomic E-state index is 5.81. The van der Waals surface area contributed by atoms with E-state index in [9.17, 15) is 0 Å². The molecule has 0 aliphatic rings. The Labute approximate surface area is 172 Å². The standard InChI is InChI=1S/C12H24N4O3S2Si.Na.H/c1-4-17-22(18-5-2,19-6-3)9-7-8-13-10-14-11(20)16-12(21)15-10;;/h4-9H2,1-3H3,(H3,13,14,15,16,20,21);;/q;+1;-1. The van der Waals surface area contributed by atoms with E-state index in [2.05, 4.69) is 20.3 Å². The number of hydrogen-bond acceptors (Lipinski definition) is 7. The van der Waals surface area contributed by atoms with Crippen LogP contribution in [0, 0.1) is 9.54 Å². The van der Waals surface area contributed by atoms with Gasteiger partial charge in [-0.05, 0) is 51.6 Å². The largest absolute Gasteiger partial charge is 1.00 e. The Morgan fingerprint density at radius 3 is 2.13 bits per heavy atom. The second kappa shape index (κ2) is 12.7. The Hall–Kier alpha value is 0.347. The van der Waals surface area contributed by atoms with Gasteiger partial charge in [0.25, 0.3) is 0 Å². The second-order valence-electron chi connectivity index (χ2n) is 4.36. The topological polar surface area (TPSA) is 84.2 Å². The Morgan fingerprint density at radius 1 is 1.09 bits per heavy atom. The summed E-state index contributed by atoms with van der Waals surface area (Å²) in [4.78, 5) is 9.77. The van der Waals surface area contributed by atoms with E-state index < -0.39 is 8.80 Å². The third-order valence-electron chi connectivity index (χ3n) is 2.71. The van der Waals surface area contributed by atoms with E-state index in [1.165, 1.54) is 0 Å². The molecule has 23 heavy (non-hydrogen) atoms. The normalized spacial score (nSPS) is 11.1. The summed E-state index contributed by atoms with van der Waals surface area (Å²) in [5, 5.41) is 3.16. The molecular weight excluding hydrogens is 363 g/mol. The fourth-order valence-electron chi connectivity index (χ4n) is 1.99. The van der Waals surface area contributed by atoms with Crippen molar-refractivity contribution in [3.63, 3.8) is 0 Å². The van der Waals surface area contributed by atoms with Gasteiger partial charge in [-0.3, -0.25) is 0 Å². The maximum Gasteiger partial charge on any atom is 1.00 e. The van der Waals surface area contributed by atoms with E-state index in [0.29, 0.717) is 41.9 Å². The van der Waals surface area contributed by atoms with Crippen LogP contribution in [0.3, 0.4) is 0 Å². The summed E-state index contributed by atoms with van der Waals surface area (Å²) in [5.41, 5.74) is 0. The zero-order chi connectivity index (χ0) is 16.4. The first kappa shape index (κ1) is 23.3. The van der Waals surface area contributed by atoms with Crippen LogP contribution in [-0.4, -0.2) is 50.1 Å². The molecule has 11 heteroatoms. The quantitative estimate of drug-likeness (QED) is 0.283. The molecular formula is C12H25N4NaO3S2Si. The molecule has 0 fully saturated rings. The first-order chi connectivity index (χ1) is 10.5. The molecule has 0 radical (unpaired) electrons. The van der Waals surface area contributed by atoms with Crippen molar-refractivity contribution in [3.8, 4) is 0 Å². The van der Waals surface area contributed by atoms with Crippen molar-refractivity contribution in [1.29, 1.82) is 0 Å². The molecule has 1 aromatic heterocycles. The number of H-pyrrole nitrogens is 2. The van der Waals surface area contributed by atoms with E-state index >= 15 is 0 Å². The molecule has 128 valence electrons. The minimum Gasteiger partial charge on any atom is -1.00 e. The van der Waals surface area contributed by atoms with Gasteiger partial charge in [0.2, 0.25) is 10.7 Å². The third-order valence-corrected chi connectivity index (χ3v) is 6.26. The number of anilines is 1. The molecule has 3 N–H and O–H groups in total. The van der Waals surface area contributed by atoms with Gasteiger partial charge < -0.3 is 30.0 Å². The number of hydrogen-bond donors (Lipinski definition) is 3. The van der Waals surface area contributed by atoms with Crippen LogP contribution in [0.15, 0.2) is 0 Å². The van der Waals surface area contributed by atoms with Crippen LogP contribution < -0.4 is 34.9 Å². The van der Waals surface area contributed by atoms with E-state index in [1.54, 1.807) is 0 Å². The molecule has 0 unspecified atom stereocenters. The zero-order valence-electron chi connectivity index (χ0n) is 15.2. The predicted octanol–water partition coefficient (Wildman–Crippen LogP) is 0.164. The maximum atomic E-state index is 5.81. The molecule has 0 atom stereocenters. The zero-order valence-corrected chi connectivity index (χ0v) is 18.9. The predicted molar refractivity (Wildman–Crippen MR) is 94.3 cm³/mol. The fraction of sp³-hybridized carbons (Fsp3) is 0.750. The van der Waals surface area contributed by atoms with E-state index in [-0.39, 0.29) is 31.0 Å². The van der Waals surface area contributed by atoms with Crippen LogP contribution >= 0.6 is 24.4 Å². The Morgan fingerprint density at radius 2 is 1.65 bits per heavy atom. The van der Waals surface area contributed by atoms with Crippen molar-refractivity contribution in [2.24, 2.45) is 0 Å². The molecule has 1 aromatic rings. The SMILES string of the molecule is CCO[Si](CCCNc1nc(=S)[nH]c(=S)[nH]1)(OCC)OCC.[H-].[Na+]. The van der Waals surface area contributed by atoms with Gasteiger partial charge in [-0.15, -0.1) is 0 Å². The van der Waals surface area contributed by atoms with Gasteiger partial charge in [0.1, 0.15) is 0 Å². The van der Waals surface area contributed by atoms with E-state index in [0.717, 1.165) is 12.5 Å². The number of aromatic amines is 2. The summed E-state index contributed by atoms with van der Waals surface area (Å²) >= 11 is 10.00. The van der Waals surface area contributed by atoms with Crippen LogP contribution in [0.1, 0.15) is 28.6 Å². The molecule has 1 heterocycles. The van der Waals surface area contributed by atoms with Crippen LogP contribution in [0.2, 0.25) is 6.04 Å². The van der Waals surface area contributed by atoms with Crippen LogP contribution in [0.5, 0.6) is 0 Å². The molecule has 0 saturated heterocycles. The second-order valence-corrected chi connectivity index (χ2v) is 7.88. The van der Waals surface area contributed by atoms with Crippen molar-refractivity contribution in [2.75, 3.05) is 31.7 Å². The molecule has 0 aliphatic carbocycles. The minimum absolute atomic E-state index is 0. The fourth-order valence-corrected chi connectivity index (χ4v) is 5.05. The van der Waals surface area contributed by atoms with Crippen LogP contribution in [-0.2, 0) is 13.3 Å². The number of aromatic nitrogens is 3.